The van der Waals surface area contributed by atoms with E-state index in [2.05, 4.69) is 4.98 Å². The van der Waals surface area contributed by atoms with Crippen molar-refractivity contribution in [1.82, 2.24) is 9.55 Å². The molecule has 2 heterocycles. The van der Waals surface area contributed by atoms with Gasteiger partial charge in [-0.25, -0.2) is 4.79 Å². The second kappa shape index (κ2) is 9.23. The van der Waals surface area contributed by atoms with Crippen molar-refractivity contribution in [3.05, 3.63) is 85.7 Å². The van der Waals surface area contributed by atoms with Gasteiger partial charge < -0.3 is 14.0 Å². The van der Waals surface area contributed by atoms with Crippen molar-refractivity contribution in [2.24, 2.45) is 7.05 Å². The Hall–Kier alpha value is -2.77. The van der Waals surface area contributed by atoms with Gasteiger partial charge in [0.1, 0.15) is 0 Å². The van der Waals surface area contributed by atoms with E-state index >= 15 is 0 Å². The lowest BCUT2D eigenvalue weighted by Gasteiger charge is -2.12. The standard InChI is InChI=1S/C23H14Cl4N2O4/c1-29-10-14(13-3-4-28-9-19(13)29)20(30)11-5-17(26)22(18(27)6-11)33-23(31)12-7-15(24)21(32-2)16(25)8-12/h3-10H,1-2H3. The molecule has 2 aromatic carbocycles. The van der Waals surface area contributed by atoms with Crippen LogP contribution in [-0.4, -0.2) is 28.4 Å². The van der Waals surface area contributed by atoms with Crippen LogP contribution in [0.5, 0.6) is 11.5 Å². The summed E-state index contributed by atoms with van der Waals surface area (Å²) < 4.78 is 12.3. The molecule has 0 saturated heterocycles. The number of carbonyl (C=O) groups excluding carboxylic acids is 2. The number of aryl methyl sites for hydroxylation is 1. The predicted octanol–water partition coefficient (Wildman–Crippen LogP) is 6.65. The number of ketones is 1. The molecule has 0 fully saturated rings. The van der Waals surface area contributed by atoms with Crippen LogP contribution in [0.1, 0.15) is 26.3 Å². The van der Waals surface area contributed by atoms with E-state index in [1.807, 2.05) is 7.05 Å². The summed E-state index contributed by atoms with van der Waals surface area (Å²) in [5, 5.41) is 1.01. The maximum atomic E-state index is 13.2. The molecule has 0 radical (unpaired) electrons. The Morgan fingerprint density at radius 1 is 0.909 bits per heavy atom. The molecule has 6 nitrogen and oxygen atoms in total. The van der Waals surface area contributed by atoms with Gasteiger partial charge in [0, 0.05) is 36.0 Å². The number of benzene rings is 2. The highest BCUT2D eigenvalue weighted by atomic mass is 35.5. The Bertz CT molecular complexity index is 1390. The van der Waals surface area contributed by atoms with Gasteiger partial charge >= 0.3 is 5.97 Å². The van der Waals surface area contributed by atoms with Gasteiger partial charge in [-0.2, -0.15) is 0 Å². The van der Waals surface area contributed by atoms with Crippen molar-refractivity contribution >= 4 is 69.1 Å². The monoisotopic (exact) mass is 522 g/mol. The second-order valence-corrected chi connectivity index (χ2v) is 8.64. The minimum Gasteiger partial charge on any atom is -0.494 e. The van der Waals surface area contributed by atoms with Crippen LogP contribution in [0.25, 0.3) is 10.9 Å². The number of nitrogens with zero attached hydrogens (tertiary/aromatic N) is 2. The number of ether oxygens (including phenoxy) is 2. The van der Waals surface area contributed by atoms with Gasteiger partial charge in [0.15, 0.2) is 17.3 Å². The molecule has 0 aliphatic rings. The van der Waals surface area contributed by atoms with Crippen molar-refractivity contribution in [1.29, 1.82) is 0 Å². The van der Waals surface area contributed by atoms with Crippen molar-refractivity contribution < 1.29 is 19.1 Å². The Kier molecular flexibility index (Phi) is 6.54. The fourth-order valence-electron chi connectivity index (χ4n) is 3.38. The summed E-state index contributed by atoms with van der Waals surface area (Å²) in [4.78, 5) is 29.9. The number of pyridine rings is 1. The van der Waals surface area contributed by atoms with Crippen LogP contribution < -0.4 is 9.47 Å². The first-order valence-corrected chi connectivity index (χ1v) is 10.9. The third-order valence-electron chi connectivity index (χ3n) is 4.93. The van der Waals surface area contributed by atoms with Gasteiger partial charge in [0.2, 0.25) is 0 Å². The Morgan fingerprint density at radius 2 is 1.48 bits per heavy atom. The van der Waals surface area contributed by atoms with Gasteiger partial charge in [-0.1, -0.05) is 46.4 Å². The summed E-state index contributed by atoms with van der Waals surface area (Å²) in [5.41, 5.74) is 1.59. The summed E-state index contributed by atoms with van der Waals surface area (Å²) in [6.07, 6.45) is 4.99. The highest BCUT2D eigenvalue weighted by Gasteiger charge is 2.22. The van der Waals surface area contributed by atoms with Crippen LogP contribution in [0.3, 0.4) is 0 Å². The number of halogens is 4. The van der Waals surface area contributed by atoms with E-state index in [-0.39, 0.29) is 48.5 Å². The summed E-state index contributed by atoms with van der Waals surface area (Å²) in [5.74, 6) is -0.934. The molecular weight excluding hydrogens is 510 g/mol. The van der Waals surface area contributed by atoms with Gasteiger partial charge in [-0.3, -0.25) is 9.78 Å². The van der Waals surface area contributed by atoms with E-state index in [0.717, 1.165) is 10.9 Å². The highest BCUT2D eigenvalue weighted by molar-refractivity contribution is 6.39. The fourth-order valence-corrected chi connectivity index (χ4v) is 4.58. The predicted molar refractivity (Wildman–Crippen MR) is 129 cm³/mol. The van der Waals surface area contributed by atoms with Gasteiger partial charge in [-0.05, 0) is 30.3 Å². The Balaban J connectivity index is 1.65. The largest absolute Gasteiger partial charge is 0.494 e. The molecular formula is C23H14Cl4N2O4. The van der Waals surface area contributed by atoms with Crippen LogP contribution in [0, 0.1) is 0 Å². The molecule has 0 amide bonds. The van der Waals surface area contributed by atoms with Gasteiger partial charge in [0.05, 0.1) is 44.5 Å². The number of methoxy groups -OCH3 is 1. The molecule has 4 aromatic rings. The number of esters is 1. The Morgan fingerprint density at radius 3 is 2.09 bits per heavy atom. The molecule has 0 atom stereocenters. The summed E-state index contributed by atoms with van der Waals surface area (Å²) >= 11 is 24.8. The highest BCUT2D eigenvalue weighted by Crippen LogP contribution is 2.38. The first kappa shape index (κ1) is 23.4. The molecule has 0 aliphatic heterocycles. The maximum absolute atomic E-state index is 13.2. The quantitative estimate of drug-likeness (QED) is 0.166. The first-order valence-electron chi connectivity index (χ1n) is 9.39. The third kappa shape index (κ3) is 4.39. The normalized spacial score (nSPS) is 11.0. The number of rotatable bonds is 5. The molecule has 10 heteroatoms. The molecule has 4 rings (SSSR count). The average molecular weight is 524 g/mol. The Labute approximate surface area is 208 Å². The fraction of sp³-hybridized carbons (Fsp3) is 0.0870. The van der Waals surface area contributed by atoms with Crippen molar-refractivity contribution in [3.63, 3.8) is 0 Å². The third-order valence-corrected chi connectivity index (χ3v) is 6.05. The van der Waals surface area contributed by atoms with Crippen molar-refractivity contribution in [2.75, 3.05) is 7.11 Å². The number of carbonyl (C=O) groups is 2. The minimum atomic E-state index is -0.786. The minimum absolute atomic E-state index is 0.00758. The molecule has 0 bridgehead atoms. The molecule has 0 N–H and O–H groups in total. The molecule has 0 aliphatic carbocycles. The van der Waals surface area contributed by atoms with Crippen molar-refractivity contribution in [2.45, 2.75) is 0 Å². The number of hydrogen-bond acceptors (Lipinski definition) is 5. The zero-order chi connectivity index (χ0) is 23.9. The first-order chi connectivity index (χ1) is 15.7. The molecule has 0 unspecified atom stereocenters. The topological polar surface area (TPSA) is 70.4 Å². The lowest BCUT2D eigenvalue weighted by Crippen LogP contribution is -2.10. The van der Waals surface area contributed by atoms with E-state index in [4.69, 9.17) is 55.9 Å². The van der Waals surface area contributed by atoms with Crippen LogP contribution in [0.4, 0.5) is 0 Å². The number of hydrogen-bond donors (Lipinski definition) is 0. The molecule has 33 heavy (non-hydrogen) atoms. The maximum Gasteiger partial charge on any atom is 0.343 e. The van der Waals surface area contributed by atoms with Gasteiger partial charge in [-0.15, -0.1) is 0 Å². The van der Waals surface area contributed by atoms with Gasteiger partial charge in [0.25, 0.3) is 0 Å². The van der Waals surface area contributed by atoms with Crippen molar-refractivity contribution in [3.8, 4) is 11.5 Å². The van der Waals surface area contributed by atoms with E-state index in [1.54, 1.807) is 29.2 Å². The lowest BCUT2D eigenvalue weighted by atomic mass is 10.0. The molecule has 2 aromatic heterocycles. The zero-order valence-electron chi connectivity index (χ0n) is 17.2. The summed E-state index contributed by atoms with van der Waals surface area (Å²) in [7, 11) is 3.23. The SMILES string of the molecule is COc1c(Cl)cc(C(=O)Oc2c(Cl)cc(C(=O)c3cn(C)c4cnccc34)cc2Cl)cc1Cl. The average Bonchev–Trinajstić information content (AvgIpc) is 3.12. The van der Waals surface area contributed by atoms with E-state index in [0.29, 0.717) is 5.56 Å². The van der Waals surface area contributed by atoms with Crippen LogP contribution in [0.15, 0.2) is 48.9 Å². The van der Waals surface area contributed by atoms with E-state index in [1.165, 1.54) is 31.4 Å². The van der Waals surface area contributed by atoms with Crippen LogP contribution in [-0.2, 0) is 7.05 Å². The molecule has 168 valence electrons. The lowest BCUT2D eigenvalue weighted by molar-refractivity contribution is 0.0735. The smallest absolute Gasteiger partial charge is 0.343 e. The number of aromatic nitrogens is 2. The van der Waals surface area contributed by atoms with E-state index in [9.17, 15) is 9.59 Å². The molecule has 0 saturated carbocycles. The summed E-state index contributed by atoms with van der Waals surface area (Å²) in [6, 6.07) is 7.25. The molecule has 0 spiro atoms. The van der Waals surface area contributed by atoms with Crippen LogP contribution in [0.2, 0.25) is 20.1 Å². The zero-order valence-corrected chi connectivity index (χ0v) is 20.2. The second-order valence-electron chi connectivity index (χ2n) is 7.01. The summed E-state index contributed by atoms with van der Waals surface area (Å²) in [6.45, 7) is 0. The van der Waals surface area contributed by atoms with Crippen LogP contribution >= 0.6 is 46.4 Å². The number of fused-ring (bicyclic) bond motifs is 1. The van der Waals surface area contributed by atoms with E-state index < -0.39 is 5.97 Å².